The van der Waals surface area contributed by atoms with Gasteiger partial charge in [-0.15, -0.1) is 0 Å². The summed E-state index contributed by atoms with van der Waals surface area (Å²) in [5.41, 5.74) is 0.930. The highest BCUT2D eigenvalue weighted by Crippen LogP contribution is 2.28. The number of aromatic nitrogens is 1. The Bertz CT molecular complexity index is 618. The fraction of sp³-hybridized carbons (Fsp3) is 0.706. The zero-order valence-electron chi connectivity index (χ0n) is 13.8. The van der Waals surface area contributed by atoms with E-state index in [1.807, 2.05) is 25.1 Å². The third kappa shape index (κ3) is 4.04. The summed E-state index contributed by atoms with van der Waals surface area (Å²) in [5.74, 6) is 0.638. The highest BCUT2D eigenvalue weighted by Gasteiger charge is 2.35. The number of piperidine rings is 1. The van der Waals surface area contributed by atoms with Crippen molar-refractivity contribution in [1.29, 1.82) is 0 Å². The molecule has 0 atom stereocenters. The van der Waals surface area contributed by atoms with Crippen molar-refractivity contribution in [3.63, 3.8) is 0 Å². The van der Waals surface area contributed by atoms with E-state index in [1.54, 1.807) is 4.31 Å². The van der Waals surface area contributed by atoms with Crippen LogP contribution in [0.2, 0.25) is 0 Å². The minimum atomic E-state index is -3.13. The molecule has 2 heterocycles. The fourth-order valence-electron chi connectivity index (χ4n) is 3.53. The largest absolute Gasteiger partial charge is 0.474 e. The molecule has 0 spiro atoms. The van der Waals surface area contributed by atoms with Crippen LogP contribution in [-0.4, -0.2) is 42.2 Å². The third-order valence-corrected chi connectivity index (χ3v) is 7.28. The number of aryl methyl sites for hydroxylation is 1. The number of sulfonamides is 1. The van der Waals surface area contributed by atoms with Gasteiger partial charge >= 0.3 is 0 Å². The number of pyridine rings is 1. The Morgan fingerprint density at radius 1 is 1.09 bits per heavy atom. The molecule has 1 saturated carbocycles. The molecule has 0 radical (unpaired) electrons. The summed E-state index contributed by atoms with van der Waals surface area (Å²) in [6.45, 7) is 3.07. The van der Waals surface area contributed by atoms with Gasteiger partial charge in [0, 0.05) is 24.8 Å². The van der Waals surface area contributed by atoms with Gasteiger partial charge in [0.2, 0.25) is 15.9 Å². The predicted molar refractivity (Wildman–Crippen MR) is 90.0 cm³/mol. The number of nitrogens with zero attached hydrogens (tertiary/aromatic N) is 2. The predicted octanol–water partition coefficient (Wildman–Crippen LogP) is 2.90. The maximum atomic E-state index is 12.7. The van der Waals surface area contributed by atoms with Crippen molar-refractivity contribution in [3.05, 3.63) is 23.9 Å². The highest BCUT2D eigenvalue weighted by molar-refractivity contribution is 7.89. The first kappa shape index (κ1) is 16.7. The van der Waals surface area contributed by atoms with Crippen LogP contribution in [0.5, 0.6) is 5.88 Å². The molecule has 0 bridgehead atoms. The average molecular weight is 338 g/mol. The van der Waals surface area contributed by atoms with E-state index in [0.717, 1.165) is 44.2 Å². The Kier molecular flexibility index (Phi) is 5.21. The first-order valence-electron chi connectivity index (χ1n) is 8.65. The Morgan fingerprint density at radius 2 is 1.78 bits per heavy atom. The maximum absolute atomic E-state index is 12.7. The van der Waals surface area contributed by atoms with Crippen LogP contribution in [0, 0.1) is 6.92 Å². The first-order valence-corrected chi connectivity index (χ1v) is 10.2. The summed E-state index contributed by atoms with van der Waals surface area (Å²) in [6, 6.07) is 5.73. The van der Waals surface area contributed by atoms with Crippen LogP contribution in [0.3, 0.4) is 0 Å². The van der Waals surface area contributed by atoms with Crippen LogP contribution in [-0.2, 0) is 10.0 Å². The number of rotatable bonds is 4. The normalized spacial score (nSPS) is 22.1. The van der Waals surface area contributed by atoms with Crippen LogP contribution < -0.4 is 4.74 Å². The van der Waals surface area contributed by atoms with Crippen molar-refractivity contribution >= 4 is 10.0 Å². The quantitative estimate of drug-likeness (QED) is 0.847. The molecule has 0 unspecified atom stereocenters. The molecule has 3 rings (SSSR count). The first-order chi connectivity index (χ1) is 11.1. The molecule has 1 aromatic heterocycles. The van der Waals surface area contributed by atoms with Crippen molar-refractivity contribution in [3.8, 4) is 5.88 Å². The second-order valence-electron chi connectivity index (χ2n) is 6.64. The molecule has 0 N–H and O–H groups in total. The van der Waals surface area contributed by atoms with Gasteiger partial charge in [0.1, 0.15) is 6.10 Å². The lowest BCUT2D eigenvalue weighted by Gasteiger charge is -2.34. The molecular weight excluding hydrogens is 312 g/mol. The van der Waals surface area contributed by atoms with Crippen molar-refractivity contribution in [1.82, 2.24) is 9.29 Å². The van der Waals surface area contributed by atoms with Gasteiger partial charge in [0.15, 0.2) is 0 Å². The lowest BCUT2D eigenvalue weighted by molar-refractivity contribution is 0.129. The maximum Gasteiger partial charge on any atom is 0.216 e. The zero-order valence-corrected chi connectivity index (χ0v) is 14.6. The monoisotopic (exact) mass is 338 g/mol. The topological polar surface area (TPSA) is 59.5 Å². The smallest absolute Gasteiger partial charge is 0.216 e. The van der Waals surface area contributed by atoms with Gasteiger partial charge in [-0.25, -0.2) is 17.7 Å². The second-order valence-corrected chi connectivity index (χ2v) is 8.85. The molecule has 5 nitrogen and oxygen atoms in total. The number of ether oxygens (including phenoxy) is 1. The molecule has 2 fully saturated rings. The zero-order chi connectivity index (χ0) is 16.3. The van der Waals surface area contributed by atoms with Crippen molar-refractivity contribution in [2.75, 3.05) is 13.1 Å². The third-order valence-electron chi connectivity index (χ3n) is 4.88. The molecule has 0 amide bonds. The van der Waals surface area contributed by atoms with Crippen LogP contribution in [0.1, 0.15) is 50.6 Å². The SMILES string of the molecule is Cc1cccc(OC2CCN(S(=O)(=O)C3CCCCC3)CC2)n1. The van der Waals surface area contributed by atoms with E-state index in [4.69, 9.17) is 4.74 Å². The van der Waals surface area contributed by atoms with E-state index >= 15 is 0 Å². The molecule has 6 heteroatoms. The fourth-order valence-corrected chi connectivity index (χ4v) is 5.60. The molecule has 128 valence electrons. The minimum Gasteiger partial charge on any atom is -0.474 e. The van der Waals surface area contributed by atoms with Gasteiger partial charge in [-0.05, 0) is 38.7 Å². The van der Waals surface area contributed by atoms with Gasteiger partial charge in [-0.2, -0.15) is 0 Å². The summed E-state index contributed by atoms with van der Waals surface area (Å²) in [4.78, 5) is 4.35. The van der Waals surface area contributed by atoms with Crippen LogP contribution in [0.15, 0.2) is 18.2 Å². The average Bonchev–Trinajstić information content (AvgIpc) is 2.56. The van der Waals surface area contributed by atoms with E-state index < -0.39 is 10.0 Å². The van der Waals surface area contributed by atoms with Crippen molar-refractivity contribution in [2.45, 2.75) is 63.2 Å². The van der Waals surface area contributed by atoms with E-state index in [1.165, 1.54) is 6.42 Å². The van der Waals surface area contributed by atoms with Crippen molar-refractivity contribution in [2.24, 2.45) is 0 Å². The summed E-state index contributed by atoms with van der Waals surface area (Å²) < 4.78 is 33.0. The molecule has 23 heavy (non-hydrogen) atoms. The lowest BCUT2D eigenvalue weighted by Crippen LogP contribution is -2.46. The van der Waals surface area contributed by atoms with Crippen molar-refractivity contribution < 1.29 is 13.2 Å². The van der Waals surface area contributed by atoms with Crippen LogP contribution >= 0.6 is 0 Å². The molecule has 1 aliphatic carbocycles. The van der Waals surface area contributed by atoms with E-state index in [0.29, 0.717) is 19.0 Å². The summed E-state index contributed by atoms with van der Waals surface area (Å²) in [6.07, 6.45) is 6.44. The van der Waals surface area contributed by atoms with E-state index in [2.05, 4.69) is 4.98 Å². The van der Waals surface area contributed by atoms with Gasteiger partial charge in [-0.3, -0.25) is 0 Å². The lowest BCUT2D eigenvalue weighted by atomic mass is 10.0. The Morgan fingerprint density at radius 3 is 2.43 bits per heavy atom. The molecule has 0 aromatic carbocycles. The number of hydrogen-bond acceptors (Lipinski definition) is 4. The van der Waals surface area contributed by atoms with Gasteiger partial charge in [-0.1, -0.05) is 25.3 Å². The Labute approximate surface area is 139 Å². The second kappa shape index (κ2) is 7.18. The van der Waals surface area contributed by atoms with E-state index in [9.17, 15) is 8.42 Å². The molecular formula is C17H26N2O3S. The Balaban J connectivity index is 1.55. The summed E-state index contributed by atoms with van der Waals surface area (Å²) in [5, 5.41) is -0.160. The van der Waals surface area contributed by atoms with E-state index in [-0.39, 0.29) is 11.4 Å². The molecule has 1 aliphatic heterocycles. The standard InChI is InChI=1S/C17H26N2O3S/c1-14-6-5-9-17(18-14)22-15-10-12-19(13-11-15)23(20,21)16-7-3-2-4-8-16/h5-6,9,15-16H,2-4,7-8,10-13H2,1H3. The van der Waals surface area contributed by atoms with Crippen LogP contribution in [0.25, 0.3) is 0 Å². The number of hydrogen-bond donors (Lipinski definition) is 0. The summed E-state index contributed by atoms with van der Waals surface area (Å²) >= 11 is 0. The molecule has 1 saturated heterocycles. The molecule has 1 aromatic rings. The Hall–Kier alpha value is -1.14. The summed E-state index contributed by atoms with van der Waals surface area (Å²) in [7, 11) is -3.13. The van der Waals surface area contributed by atoms with Gasteiger partial charge < -0.3 is 4.74 Å². The van der Waals surface area contributed by atoms with Gasteiger partial charge in [0.25, 0.3) is 0 Å². The minimum absolute atomic E-state index is 0.0575. The van der Waals surface area contributed by atoms with Crippen LogP contribution in [0.4, 0.5) is 0 Å². The molecule has 2 aliphatic rings. The highest BCUT2D eigenvalue weighted by atomic mass is 32.2. The van der Waals surface area contributed by atoms with Gasteiger partial charge in [0.05, 0.1) is 5.25 Å².